The number of nitrogens with one attached hydrogen (secondary N) is 1. The Kier molecular flexibility index (Phi) is 10.1. The van der Waals surface area contributed by atoms with Crippen LogP contribution in [0.4, 0.5) is 13.2 Å². The Bertz CT molecular complexity index is 1480. The van der Waals surface area contributed by atoms with E-state index < -0.39 is 35.8 Å². The lowest BCUT2D eigenvalue weighted by Gasteiger charge is -2.47. The summed E-state index contributed by atoms with van der Waals surface area (Å²) >= 11 is 0. The summed E-state index contributed by atoms with van der Waals surface area (Å²) in [6.07, 6.45) is 0.669. The van der Waals surface area contributed by atoms with Crippen LogP contribution in [0.25, 0.3) is 5.82 Å². The van der Waals surface area contributed by atoms with Crippen LogP contribution in [0.5, 0.6) is 0 Å². The Morgan fingerprint density at radius 1 is 1.05 bits per heavy atom. The Balaban J connectivity index is 0.000000566. The smallest absolute Gasteiger partial charge is 0.475 e. The molecule has 1 aromatic carbocycles. The van der Waals surface area contributed by atoms with E-state index in [9.17, 15) is 27.6 Å². The fraction of sp³-hybridized carbons (Fsp3) is 0.379. The number of hydrogen-bond acceptors (Lipinski definition) is 8. The number of benzene rings is 1. The summed E-state index contributed by atoms with van der Waals surface area (Å²) in [5.41, 5.74) is 7.53. The Morgan fingerprint density at radius 2 is 1.70 bits per heavy atom. The lowest BCUT2D eigenvalue weighted by atomic mass is 9.77. The van der Waals surface area contributed by atoms with Gasteiger partial charge < -0.3 is 20.9 Å². The molecule has 2 fully saturated rings. The van der Waals surface area contributed by atoms with Crippen LogP contribution in [0, 0.1) is 5.41 Å². The van der Waals surface area contributed by atoms with Gasteiger partial charge in [0.05, 0.1) is 24.5 Å². The number of aromatic nitrogens is 3. The molecule has 3 aromatic rings. The van der Waals surface area contributed by atoms with Crippen molar-refractivity contribution in [1.82, 2.24) is 25.0 Å². The normalized spacial score (nSPS) is 16.6. The molecule has 2 aliphatic rings. The van der Waals surface area contributed by atoms with E-state index in [1.54, 1.807) is 29.2 Å². The molecule has 1 atom stereocenters. The first-order valence-corrected chi connectivity index (χ1v) is 13.7. The number of halogens is 3. The maximum absolute atomic E-state index is 13.3. The third-order valence-corrected chi connectivity index (χ3v) is 7.40. The second kappa shape index (κ2) is 13.8. The number of carboxylic acid groups (broad SMARTS) is 1. The van der Waals surface area contributed by atoms with E-state index in [2.05, 4.69) is 20.3 Å². The highest BCUT2D eigenvalue weighted by atomic mass is 19.4. The molecule has 2 amide bonds. The molecule has 1 unspecified atom stereocenters. The average molecular weight is 617 g/mol. The summed E-state index contributed by atoms with van der Waals surface area (Å²) in [6, 6.07) is 13.2. The first kappa shape index (κ1) is 32.3. The van der Waals surface area contributed by atoms with Crippen LogP contribution in [-0.2, 0) is 32.1 Å². The van der Waals surface area contributed by atoms with Crippen LogP contribution in [-0.4, -0.2) is 86.9 Å². The number of alkyl halides is 3. The van der Waals surface area contributed by atoms with Crippen molar-refractivity contribution >= 4 is 23.6 Å². The van der Waals surface area contributed by atoms with Gasteiger partial charge in [0.25, 0.3) is 11.8 Å². The minimum Gasteiger partial charge on any atom is -0.475 e. The monoisotopic (exact) mass is 616 g/mol. The Hall–Kier alpha value is -4.63. The number of ether oxygens (including phenoxy) is 1. The van der Waals surface area contributed by atoms with E-state index in [0.29, 0.717) is 17.8 Å². The van der Waals surface area contributed by atoms with Crippen molar-refractivity contribution in [3.8, 4) is 5.82 Å². The van der Waals surface area contributed by atoms with Gasteiger partial charge in [0.15, 0.2) is 5.82 Å². The number of rotatable bonds is 9. The summed E-state index contributed by atoms with van der Waals surface area (Å²) in [6.45, 7) is 4.47. The lowest BCUT2D eigenvalue weighted by Crippen LogP contribution is -2.50. The summed E-state index contributed by atoms with van der Waals surface area (Å²) in [7, 11) is 0. The van der Waals surface area contributed by atoms with Gasteiger partial charge >= 0.3 is 12.1 Å². The summed E-state index contributed by atoms with van der Waals surface area (Å²) in [4.78, 5) is 53.1. The van der Waals surface area contributed by atoms with Gasteiger partial charge in [-0.3, -0.25) is 19.3 Å². The zero-order valence-corrected chi connectivity index (χ0v) is 23.5. The van der Waals surface area contributed by atoms with Crippen LogP contribution in [0.2, 0.25) is 0 Å². The van der Waals surface area contributed by atoms with Crippen molar-refractivity contribution in [3.05, 3.63) is 77.7 Å². The molecule has 0 bridgehead atoms. The zero-order valence-electron chi connectivity index (χ0n) is 23.5. The first-order chi connectivity index (χ1) is 20.9. The third kappa shape index (κ3) is 8.26. The molecule has 2 saturated heterocycles. The number of ketones is 1. The number of carbonyl (C=O) groups is 4. The minimum absolute atomic E-state index is 0.138. The number of nitrogens with zero attached hydrogens (tertiary/aromatic N) is 4. The van der Waals surface area contributed by atoms with Gasteiger partial charge in [0, 0.05) is 30.8 Å². The number of hydrogen-bond donors (Lipinski definition) is 3. The van der Waals surface area contributed by atoms with Crippen molar-refractivity contribution in [2.75, 3.05) is 26.3 Å². The van der Waals surface area contributed by atoms with Gasteiger partial charge in [-0.25, -0.2) is 14.5 Å². The molecule has 234 valence electrons. The minimum atomic E-state index is -5.08. The molecule has 0 saturated carbocycles. The highest BCUT2D eigenvalue weighted by molar-refractivity contribution is 6.38. The number of carbonyl (C=O) groups excluding carboxylic acids is 3. The van der Waals surface area contributed by atoms with Gasteiger partial charge in [0.2, 0.25) is 5.78 Å². The van der Waals surface area contributed by atoms with E-state index in [-0.39, 0.29) is 12.0 Å². The lowest BCUT2D eigenvalue weighted by molar-refractivity contribution is -0.192. The standard InChI is InChI=1S/C27H30N6O4.C2HF3O2/c28-24(35)23(34)22(15-19-5-2-1-3-6-19)30-26(36)21-7-4-11-29-25(21)33-12-8-20(31-33)16-32-13-9-27(10-14-32)17-37-18-27;3-2(4,5)1(6)7/h1-8,11-12,22H,9-10,13-18H2,(H2,28,35)(H,30,36);(H,6,7). The Morgan fingerprint density at radius 3 is 2.27 bits per heavy atom. The number of Topliss-reactive ketones (excluding diaryl/α,β-unsaturated/α-hetero) is 1. The summed E-state index contributed by atoms with van der Waals surface area (Å²) < 4.78 is 38.7. The van der Waals surface area contributed by atoms with E-state index in [0.717, 1.165) is 50.4 Å². The van der Waals surface area contributed by atoms with Crippen LogP contribution >= 0.6 is 0 Å². The molecule has 0 aliphatic carbocycles. The number of piperidine rings is 1. The maximum Gasteiger partial charge on any atom is 0.490 e. The average Bonchev–Trinajstić information content (AvgIpc) is 3.44. The fourth-order valence-corrected chi connectivity index (χ4v) is 4.88. The molecule has 15 heteroatoms. The van der Waals surface area contributed by atoms with Gasteiger partial charge in [-0.15, -0.1) is 0 Å². The van der Waals surface area contributed by atoms with Crippen LogP contribution in [0.15, 0.2) is 60.9 Å². The quantitative estimate of drug-likeness (QED) is 0.304. The van der Waals surface area contributed by atoms with Crippen molar-refractivity contribution in [2.45, 2.75) is 38.0 Å². The molecule has 4 N–H and O–H groups in total. The van der Waals surface area contributed by atoms with Crippen LogP contribution < -0.4 is 11.1 Å². The number of carboxylic acids is 1. The molecule has 1 spiro atoms. The Labute approximate surface area is 250 Å². The number of aliphatic carboxylic acids is 1. The molecule has 5 rings (SSSR count). The highest BCUT2D eigenvalue weighted by Gasteiger charge is 2.41. The number of nitrogens with two attached hydrogens (primary N) is 1. The van der Waals surface area contributed by atoms with E-state index >= 15 is 0 Å². The van der Waals surface area contributed by atoms with Crippen molar-refractivity contribution in [1.29, 1.82) is 0 Å². The van der Waals surface area contributed by atoms with Crippen LogP contribution in [0.1, 0.15) is 34.5 Å². The molecule has 2 aliphatic heterocycles. The largest absolute Gasteiger partial charge is 0.490 e. The fourth-order valence-electron chi connectivity index (χ4n) is 4.88. The van der Waals surface area contributed by atoms with Crippen molar-refractivity contribution in [2.24, 2.45) is 11.1 Å². The van der Waals surface area contributed by atoms with Crippen molar-refractivity contribution in [3.63, 3.8) is 0 Å². The molecular weight excluding hydrogens is 585 g/mol. The summed E-state index contributed by atoms with van der Waals surface area (Å²) in [5, 5.41) is 14.5. The van der Waals surface area contributed by atoms with Crippen molar-refractivity contribution < 1.29 is 42.2 Å². The second-order valence-corrected chi connectivity index (χ2v) is 10.6. The van der Waals surface area contributed by atoms with E-state index in [4.69, 9.17) is 20.4 Å². The molecule has 2 aromatic heterocycles. The summed E-state index contributed by atoms with van der Waals surface area (Å²) in [5.74, 6) is -4.92. The number of pyridine rings is 1. The third-order valence-electron chi connectivity index (χ3n) is 7.40. The molecule has 44 heavy (non-hydrogen) atoms. The topological polar surface area (TPSA) is 170 Å². The maximum atomic E-state index is 13.3. The van der Waals surface area contributed by atoms with Gasteiger partial charge in [-0.2, -0.15) is 18.3 Å². The zero-order chi connectivity index (χ0) is 31.9. The van der Waals surface area contributed by atoms with E-state index in [1.165, 1.54) is 0 Å². The molecular formula is C29H31F3N6O6. The van der Waals surface area contributed by atoms with E-state index in [1.807, 2.05) is 36.4 Å². The van der Waals surface area contributed by atoms with Gasteiger partial charge in [-0.05, 0) is 49.7 Å². The number of amides is 2. The van der Waals surface area contributed by atoms with Gasteiger partial charge in [0.1, 0.15) is 6.04 Å². The first-order valence-electron chi connectivity index (χ1n) is 13.7. The SMILES string of the molecule is NC(=O)C(=O)C(Cc1ccccc1)NC(=O)c1cccnc1-n1ccc(CN2CCC3(CC2)COC3)n1.O=C(O)C(F)(F)F. The second-order valence-electron chi connectivity index (χ2n) is 10.6. The highest BCUT2D eigenvalue weighted by Crippen LogP contribution is 2.38. The van der Waals surface area contributed by atoms with Crippen LogP contribution in [0.3, 0.4) is 0 Å². The van der Waals surface area contributed by atoms with Gasteiger partial charge in [-0.1, -0.05) is 30.3 Å². The molecule has 0 radical (unpaired) electrons. The molecule has 12 nitrogen and oxygen atoms in total. The predicted molar refractivity (Wildman–Crippen MR) is 148 cm³/mol. The molecule has 4 heterocycles. The predicted octanol–water partition coefficient (Wildman–Crippen LogP) is 1.91. The number of primary amides is 1. The number of likely N-dealkylation sites (tertiary alicyclic amines) is 1.